The molecule has 3 aromatic rings. The summed E-state index contributed by atoms with van der Waals surface area (Å²) in [5.41, 5.74) is 4.16. The van der Waals surface area contributed by atoms with Crippen molar-refractivity contribution >= 4 is 22.7 Å². The number of fused-ring (bicyclic) bond motifs is 3. The zero-order valence-electron chi connectivity index (χ0n) is 17.3. The lowest BCUT2D eigenvalue weighted by molar-refractivity contribution is -0.137. The molecule has 0 spiro atoms. The van der Waals surface area contributed by atoms with E-state index in [1.165, 1.54) is 23.9 Å². The first-order valence-corrected chi connectivity index (χ1v) is 11.2. The number of anilines is 1. The lowest BCUT2D eigenvalue weighted by Crippen LogP contribution is -2.37. The number of halogens is 3. The first kappa shape index (κ1) is 20.9. The summed E-state index contributed by atoms with van der Waals surface area (Å²) in [6, 6.07) is 20.7. The average Bonchev–Trinajstić information content (AvgIpc) is 3.10. The molecule has 0 radical (unpaired) electrons. The molecule has 0 unspecified atom stereocenters. The van der Waals surface area contributed by atoms with E-state index in [4.69, 9.17) is 0 Å². The number of hydrogen-bond donors (Lipinski definition) is 1. The van der Waals surface area contributed by atoms with Crippen molar-refractivity contribution in [2.24, 2.45) is 0 Å². The monoisotopic (exact) mass is 454 g/mol. The van der Waals surface area contributed by atoms with Crippen LogP contribution in [0.25, 0.3) is 0 Å². The molecule has 1 saturated heterocycles. The Kier molecular flexibility index (Phi) is 5.16. The standard InChI is InChI=1S/C25H21F3N2OS/c1-15-7-12-20-19(13-15)22-23(32-24(31)30(22)14-16-5-3-2-4-6-16)21(29-20)17-8-10-18(11-9-17)25(26,27)28/h2-13,21-23,29H,14H2,1H3/t21-,22+,23-/m1/s1. The first-order chi connectivity index (χ1) is 15.3. The number of carbonyl (C=O) groups is 1. The van der Waals surface area contributed by atoms with E-state index in [0.29, 0.717) is 6.54 Å². The SMILES string of the molecule is Cc1ccc2c(c1)[C@H]1[C@H](SC(=O)N1Cc1ccccc1)[C@@H](c1ccc(C(F)(F)F)cc1)N2. The Hall–Kier alpha value is -2.93. The van der Waals surface area contributed by atoms with Gasteiger partial charge in [0.1, 0.15) is 0 Å². The van der Waals surface area contributed by atoms with E-state index >= 15 is 0 Å². The number of carbonyl (C=O) groups excluding carboxylic acids is 1. The molecule has 0 aromatic heterocycles. The molecule has 3 atom stereocenters. The molecule has 0 bridgehead atoms. The van der Waals surface area contributed by atoms with Crippen molar-refractivity contribution in [1.29, 1.82) is 0 Å². The number of nitrogens with one attached hydrogen (secondary N) is 1. The molecule has 2 heterocycles. The number of aryl methyl sites for hydroxylation is 1. The Morgan fingerprint density at radius 3 is 2.41 bits per heavy atom. The minimum absolute atomic E-state index is 0.0167. The lowest BCUT2D eigenvalue weighted by Gasteiger charge is -2.39. The topological polar surface area (TPSA) is 32.3 Å². The van der Waals surface area contributed by atoms with Gasteiger partial charge in [0.15, 0.2) is 0 Å². The summed E-state index contributed by atoms with van der Waals surface area (Å²) < 4.78 is 39.2. The molecule has 32 heavy (non-hydrogen) atoms. The second kappa shape index (κ2) is 7.89. The minimum atomic E-state index is -4.38. The average molecular weight is 455 g/mol. The van der Waals surface area contributed by atoms with E-state index in [2.05, 4.69) is 11.4 Å². The van der Waals surface area contributed by atoms with Gasteiger partial charge in [0.25, 0.3) is 5.24 Å². The Balaban J connectivity index is 1.55. The third-order valence-electron chi connectivity index (χ3n) is 6.08. The molecule has 1 N–H and O–H groups in total. The summed E-state index contributed by atoms with van der Waals surface area (Å²) in [6.45, 7) is 2.50. The predicted octanol–water partition coefficient (Wildman–Crippen LogP) is 6.96. The summed E-state index contributed by atoms with van der Waals surface area (Å²) in [5.74, 6) is 0. The zero-order valence-corrected chi connectivity index (χ0v) is 18.1. The van der Waals surface area contributed by atoms with E-state index in [9.17, 15) is 18.0 Å². The van der Waals surface area contributed by atoms with E-state index in [0.717, 1.165) is 40.1 Å². The van der Waals surface area contributed by atoms with Crippen molar-refractivity contribution in [2.75, 3.05) is 5.32 Å². The number of amides is 1. The van der Waals surface area contributed by atoms with Gasteiger partial charge in [-0.3, -0.25) is 4.79 Å². The summed E-state index contributed by atoms with van der Waals surface area (Å²) in [5, 5.41) is 3.32. The van der Waals surface area contributed by atoms with Crippen LogP contribution in [0, 0.1) is 6.92 Å². The normalized spacial score (nSPS) is 22.3. The number of thioether (sulfide) groups is 1. The van der Waals surface area contributed by atoms with Gasteiger partial charge in [0.2, 0.25) is 0 Å². The highest BCUT2D eigenvalue weighted by Crippen LogP contribution is 2.53. The fourth-order valence-corrected chi connectivity index (χ4v) is 5.87. The molecule has 2 aliphatic heterocycles. The molecule has 3 aromatic carbocycles. The van der Waals surface area contributed by atoms with E-state index in [-0.39, 0.29) is 22.6 Å². The van der Waals surface area contributed by atoms with Crippen molar-refractivity contribution in [2.45, 2.75) is 37.0 Å². The van der Waals surface area contributed by atoms with E-state index < -0.39 is 11.7 Å². The fourth-order valence-electron chi connectivity index (χ4n) is 4.54. The lowest BCUT2D eigenvalue weighted by atomic mass is 9.87. The number of benzene rings is 3. The predicted molar refractivity (Wildman–Crippen MR) is 120 cm³/mol. The van der Waals surface area contributed by atoms with Crippen molar-refractivity contribution < 1.29 is 18.0 Å². The molecule has 1 fully saturated rings. The Bertz CT molecular complexity index is 1150. The molecular formula is C25H21F3N2OS. The maximum atomic E-state index is 13.1. The molecule has 2 aliphatic rings. The van der Waals surface area contributed by atoms with Crippen molar-refractivity contribution in [3.8, 4) is 0 Å². The van der Waals surface area contributed by atoms with Crippen LogP contribution in [0.3, 0.4) is 0 Å². The zero-order chi connectivity index (χ0) is 22.5. The highest BCUT2D eigenvalue weighted by molar-refractivity contribution is 8.14. The quantitative estimate of drug-likeness (QED) is 0.464. The molecule has 3 nitrogen and oxygen atoms in total. The van der Waals surface area contributed by atoms with Crippen LogP contribution in [0.1, 0.15) is 39.9 Å². The van der Waals surface area contributed by atoms with Crippen LogP contribution in [0.2, 0.25) is 0 Å². The van der Waals surface area contributed by atoms with E-state index in [1.807, 2.05) is 54.3 Å². The highest BCUT2D eigenvalue weighted by Gasteiger charge is 2.49. The summed E-state index contributed by atoms with van der Waals surface area (Å²) >= 11 is 1.26. The van der Waals surface area contributed by atoms with Crippen molar-refractivity contribution in [1.82, 2.24) is 4.90 Å². The number of hydrogen-bond acceptors (Lipinski definition) is 3. The molecule has 164 valence electrons. The highest BCUT2D eigenvalue weighted by atomic mass is 32.2. The fraction of sp³-hybridized carbons (Fsp3) is 0.240. The van der Waals surface area contributed by atoms with Crippen molar-refractivity contribution in [3.05, 3.63) is 101 Å². The Morgan fingerprint density at radius 2 is 1.72 bits per heavy atom. The van der Waals surface area contributed by atoms with Crippen molar-refractivity contribution in [3.63, 3.8) is 0 Å². The van der Waals surface area contributed by atoms with Crippen LogP contribution in [0.4, 0.5) is 23.7 Å². The van der Waals surface area contributed by atoms with Gasteiger partial charge in [-0.25, -0.2) is 0 Å². The summed E-state index contributed by atoms with van der Waals surface area (Å²) in [4.78, 5) is 15.0. The molecule has 0 aliphatic carbocycles. The van der Waals surface area contributed by atoms with Gasteiger partial charge in [-0.05, 0) is 41.8 Å². The molecule has 1 amide bonds. The maximum Gasteiger partial charge on any atom is 0.416 e. The van der Waals surface area contributed by atoms with E-state index in [1.54, 1.807) is 0 Å². The van der Waals surface area contributed by atoms with Gasteiger partial charge in [0, 0.05) is 12.2 Å². The maximum absolute atomic E-state index is 13.1. The van der Waals surface area contributed by atoms with Crippen LogP contribution in [0.15, 0.2) is 72.8 Å². The second-order valence-electron chi connectivity index (χ2n) is 8.24. The third kappa shape index (κ3) is 3.75. The van der Waals surface area contributed by atoms with Crippen LogP contribution in [0.5, 0.6) is 0 Å². The van der Waals surface area contributed by atoms with Gasteiger partial charge >= 0.3 is 6.18 Å². The molecule has 0 saturated carbocycles. The smallest absolute Gasteiger partial charge is 0.377 e. The van der Waals surface area contributed by atoms with Crippen LogP contribution >= 0.6 is 11.8 Å². The van der Waals surface area contributed by atoms with Gasteiger partial charge in [-0.15, -0.1) is 0 Å². The largest absolute Gasteiger partial charge is 0.416 e. The Morgan fingerprint density at radius 1 is 1.00 bits per heavy atom. The number of rotatable bonds is 3. The van der Waals surface area contributed by atoms with Gasteiger partial charge in [0.05, 0.1) is 22.9 Å². The van der Waals surface area contributed by atoms with Crippen LogP contribution in [-0.4, -0.2) is 15.4 Å². The summed E-state index contributed by atoms with van der Waals surface area (Å²) in [7, 11) is 0. The van der Waals surface area contributed by atoms with Gasteiger partial charge in [-0.1, -0.05) is 71.9 Å². The Labute approximate surface area is 188 Å². The number of alkyl halides is 3. The first-order valence-electron chi connectivity index (χ1n) is 10.4. The van der Waals surface area contributed by atoms with Crippen LogP contribution < -0.4 is 5.32 Å². The molecule has 7 heteroatoms. The van der Waals surface area contributed by atoms with Crippen LogP contribution in [-0.2, 0) is 12.7 Å². The van der Waals surface area contributed by atoms with Gasteiger partial charge < -0.3 is 10.2 Å². The third-order valence-corrected chi connectivity index (χ3v) is 7.31. The molecule has 5 rings (SSSR count). The van der Waals surface area contributed by atoms with Gasteiger partial charge in [-0.2, -0.15) is 13.2 Å². The number of nitrogens with zero attached hydrogens (tertiary/aromatic N) is 1. The minimum Gasteiger partial charge on any atom is -0.377 e. The summed E-state index contributed by atoms with van der Waals surface area (Å²) in [6.07, 6.45) is -4.38. The molecular weight excluding hydrogens is 433 g/mol. The second-order valence-corrected chi connectivity index (χ2v) is 9.37.